The average Bonchev–Trinajstić information content (AvgIpc) is 3.20. The van der Waals surface area contributed by atoms with Gasteiger partial charge in [0.25, 0.3) is 0 Å². The van der Waals surface area contributed by atoms with Crippen molar-refractivity contribution in [3.05, 3.63) is 66.0 Å². The summed E-state index contributed by atoms with van der Waals surface area (Å²) < 4.78 is 5.93. The van der Waals surface area contributed by atoms with Crippen molar-refractivity contribution in [3.8, 4) is 11.4 Å². The van der Waals surface area contributed by atoms with E-state index in [2.05, 4.69) is 48.8 Å². The highest BCUT2D eigenvalue weighted by molar-refractivity contribution is 5.85. The van der Waals surface area contributed by atoms with Crippen LogP contribution in [0.25, 0.3) is 22.3 Å². The average molecular weight is 416 g/mol. The molecule has 4 aromatic rings. The van der Waals surface area contributed by atoms with E-state index in [1.54, 1.807) is 6.20 Å². The fraction of sp³-hybridized carbons (Fsp3) is 0.304. The summed E-state index contributed by atoms with van der Waals surface area (Å²) in [4.78, 5) is 7.05. The molecule has 5 rings (SSSR count). The number of fused-ring (bicyclic) bond motifs is 1. The molecule has 8 nitrogen and oxygen atoms in total. The number of hydrogen-bond donors (Lipinski definition) is 2. The second-order valence-electron chi connectivity index (χ2n) is 7.82. The Hall–Kier alpha value is -3.36. The van der Waals surface area contributed by atoms with Crippen LogP contribution in [0.3, 0.4) is 0 Å². The summed E-state index contributed by atoms with van der Waals surface area (Å²) in [5, 5.41) is 20.4. The topological polar surface area (TPSA) is 91.9 Å². The van der Waals surface area contributed by atoms with Crippen molar-refractivity contribution >= 4 is 16.7 Å². The van der Waals surface area contributed by atoms with Gasteiger partial charge in [0.1, 0.15) is 0 Å². The first-order chi connectivity index (χ1) is 15.3. The van der Waals surface area contributed by atoms with Gasteiger partial charge in [0.15, 0.2) is 11.6 Å². The quantitative estimate of drug-likeness (QED) is 0.500. The molecule has 2 aromatic heterocycles. The first-order valence-electron chi connectivity index (χ1n) is 10.5. The Morgan fingerprint density at radius 1 is 1.16 bits per heavy atom. The minimum atomic E-state index is 0.237. The van der Waals surface area contributed by atoms with E-state index in [0.29, 0.717) is 19.0 Å². The van der Waals surface area contributed by atoms with Crippen molar-refractivity contribution in [1.82, 2.24) is 30.7 Å². The summed E-state index contributed by atoms with van der Waals surface area (Å²) in [6.07, 6.45) is 1.73. The van der Waals surface area contributed by atoms with E-state index >= 15 is 0 Å². The van der Waals surface area contributed by atoms with Gasteiger partial charge >= 0.3 is 0 Å². The Labute approximate surface area is 180 Å². The summed E-state index contributed by atoms with van der Waals surface area (Å²) in [5.41, 5.74) is 4.08. The highest BCUT2D eigenvalue weighted by atomic mass is 16.5. The number of benzene rings is 2. The Morgan fingerprint density at radius 3 is 2.97 bits per heavy atom. The maximum Gasteiger partial charge on any atom is 0.183 e. The van der Waals surface area contributed by atoms with Crippen LogP contribution in [0.15, 0.2) is 54.7 Å². The maximum atomic E-state index is 5.93. The molecule has 2 aromatic carbocycles. The van der Waals surface area contributed by atoms with Crippen molar-refractivity contribution in [3.63, 3.8) is 0 Å². The number of rotatable bonds is 6. The lowest BCUT2D eigenvalue weighted by atomic mass is 10.1. The van der Waals surface area contributed by atoms with E-state index in [1.165, 1.54) is 5.56 Å². The fourth-order valence-electron chi connectivity index (χ4n) is 3.89. The standard InChI is InChI=1S/C23H25N7O/c1-16-20-11-18(7-8-21(20)28-27-16)23-26-22(12-25-29-23)30-10-9-24-19(13-30)15-31-14-17-5-3-2-4-6-17/h2-8,11-12,19,24H,9-10,13-15H2,1H3,(H,27,28). The van der Waals surface area contributed by atoms with E-state index in [1.807, 2.05) is 37.3 Å². The summed E-state index contributed by atoms with van der Waals surface area (Å²) in [6, 6.07) is 16.5. The molecule has 1 atom stereocenters. The molecule has 0 aliphatic carbocycles. The lowest BCUT2D eigenvalue weighted by Gasteiger charge is -2.34. The number of nitrogens with one attached hydrogen (secondary N) is 2. The van der Waals surface area contributed by atoms with Crippen LogP contribution in [0.4, 0.5) is 5.82 Å². The van der Waals surface area contributed by atoms with E-state index < -0.39 is 0 Å². The highest BCUT2D eigenvalue weighted by Gasteiger charge is 2.21. The van der Waals surface area contributed by atoms with Crippen molar-refractivity contribution in [2.45, 2.75) is 19.6 Å². The predicted molar refractivity (Wildman–Crippen MR) is 120 cm³/mol. The van der Waals surface area contributed by atoms with Crippen LogP contribution in [0.5, 0.6) is 0 Å². The molecule has 158 valence electrons. The first-order valence-corrected chi connectivity index (χ1v) is 10.5. The fourth-order valence-corrected chi connectivity index (χ4v) is 3.89. The second kappa shape index (κ2) is 8.79. The zero-order valence-corrected chi connectivity index (χ0v) is 17.5. The molecule has 2 N–H and O–H groups in total. The van der Waals surface area contributed by atoms with Gasteiger partial charge in [-0.1, -0.05) is 30.3 Å². The van der Waals surface area contributed by atoms with Crippen molar-refractivity contribution in [2.24, 2.45) is 0 Å². The normalized spacial score (nSPS) is 16.7. The van der Waals surface area contributed by atoms with Gasteiger partial charge in [0.05, 0.1) is 24.9 Å². The van der Waals surface area contributed by atoms with Crippen LogP contribution in [-0.2, 0) is 11.3 Å². The Balaban J connectivity index is 1.26. The Bertz CT molecular complexity index is 1160. The van der Waals surface area contributed by atoms with Crippen LogP contribution in [-0.4, -0.2) is 57.7 Å². The lowest BCUT2D eigenvalue weighted by Crippen LogP contribution is -2.53. The van der Waals surface area contributed by atoms with Crippen molar-refractivity contribution < 1.29 is 4.74 Å². The van der Waals surface area contributed by atoms with Crippen LogP contribution in [0.1, 0.15) is 11.3 Å². The Morgan fingerprint density at radius 2 is 2.06 bits per heavy atom. The van der Waals surface area contributed by atoms with Gasteiger partial charge in [-0.05, 0) is 30.7 Å². The van der Waals surface area contributed by atoms with Gasteiger partial charge < -0.3 is 15.0 Å². The summed E-state index contributed by atoms with van der Waals surface area (Å²) in [5.74, 6) is 1.46. The van der Waals surface area contributed by atoms with Gasteiger partial charge in [0, 0.05) is 42.3 Å². The van der Waals surface area contributed by atoms with Gasteiger partial charge in [-0.25, -0.2) is 4.98 Å². The molecule has 1 unspecified atom stereocenters. The van der Waals surface area contributed by atoms with Crippen LogP contribution >= 0.6 is 0 Å². The smallest absolute Gasteiger partial charge is 0.183 e. The molecule has 1 aliphatic heterocycles. The molecule has 3 heterocycles. The number of aryl methyl sites for hydroxylation is 1. The minimum Gasteiger partial charge on any atom is -0.375 e. The lowest BCUT2D eigenvalue weighted by molar-refractivity contribution is 0.0971. The largest absolute Gasteiger partial charge is 0.375 e. The third-order valence-corrected chi connectivity index (χ3v) is 5.56. The van der Waals surface area contributed by atoms with Gasteiger partial charge in [-0.2, -0.15) is 10.2 Å². The number of nitrogens with zero attached hydrogens (tertiary/aromatic N) is 5. The van der Waals surface area contributed by atoms with Crippen LogP contribution in [0.2, 0.25) is 0 Å². The molecule has 31 heavy (non-hydrogen) atoms. The zero-order chi connectivity index (χ0) is 21.0. The number of hydrogen-bond acceptors (Lipinski definition) is 7. The molecule has 8 heteroatoms. The summed E-state index contributed by atoms with van der Waals surface area (Å²) in [7, 11) is 0. The predicted octanol–water partition coefficient (Wildman–Crippen LogP) is 2.72. The number of aromatic amines is 1. The number of H-pyrrole nitrogens is 1. The van der Waals surface area contributed by atoms with Gasteiger partial charge in [-0.3, -0.25) is 5.10 Å². The molecule has 0 spiro atoms. The second-order valence-corrected chi connectivity index (χ2v) is 7.82. The molecule has 0 saturated carbocycles. The number of piperazine rings is 1. The maximum absolute atomic E-state index is 5.93. The zero-order valence-electron chi connectivity index (χ0n) is 17.5. The van der Waals surface area contributed by atoms with Crippen LogP contribution < -0.4 is 10.2 Å². The molecule has 1 fully saturated rings. The van der Waals surface area contributed by atoms with Gasteiger partial charge in [0.2, 0.25) is 0 Å². The third kappa shape index (κ3) is 4.40. The van der Waals surface area contributed by atoms with Crippen molar-refractivity contribution in [1.29, 1.82) is 0 Å². The molecule has 0 bridgehead atoms. The summed E-state index contributed by atoms with van der Waals surface area (Å²) >= 11 is 0. The number of aromatic nitrogens is 5. The van der Waals surface area contributed by atoms with E-state index in [0.717, 1.165) is 47.6 Å². The molecule has 1 aliphatic rings. The minimum absolute atomic E-state index is 0.237. The first kappa shape index (κ1) is 19.6. The molecular weight excluding hydrogens is 390 g/mol. The molecule has 1 saturated heterocycles. The molecule has 0 radical (unpaired) electrons. The van der Waals surface area contributed by atoms with Gasteiger partial charge in [-0.15, -0.1) is 5.10 Å². The number of ether oxygens (including phenoxy) is 1. The SMILES string of the molecule is Cc1[nH]nc2ccc(-c3nncc(N4CCNC(COCc5ccccc5)C4)n3)cc12. The Kier molecular flexibility index (Phi) is 5.56. The summed E-state index contributed by atoms with van der Waals surface area (Å²) in [6.45, 7) is 5.83. The van der Waals surface area contributed by atoms with E-state index in [4.69, 9.17) is 9.72 Å². The number of anilines is 1. The van der Waals surface area contributed by atoms with E-state index in [9.17, 15) is 0 Å². The van der Waals surface area contributed by atoms with Crippen molar-refractivity contribution in [2.75, 3.05) is 31.1 Å². The molecule has 0 amide bonds. The third-order valence-electron chi connectivity index (χ3n) is 5.56. The van der Waals surface area contributed by atoms with Crippen LogP contribution in [0, 0.1) is 6.92 Å². The van der Waals surface area contributed by atoms with E-state index in [-0.39, 0.29) is 6.04 Å². The highest BCUT2D eigenvalue weighted by Crippen LogP contribution is 2.24. The molecular formula is C23H25N7O. The monoisotopic (exact) mass is 415 g/mol.